The summed E-state index contributed by atoms with van der Waals surface area (Å²) in [5.41, 5.74) is 0.785. The normalized spacial score (nSPS) is 10.6. The highest BCUT2D eigenvalue weighted by molar-refractivity contribution is 5.71. The van der Waals surface area contributed by atoms with Gasteiger partial charge in [0.2, 0.25) is 0 Å². The Morgan fingerprint density at radius 2 is 2.40 bits per heavy atom. The number of aromatic nitrogens is 2. The van der Waals surface area contributed by atoms with Crippen LogP contribution in [0.5, 0.6) is 0 Å². The first kappa shape index (κ1) is 11.7. The number of carbonyl (C=O) groups excluding carboxylic acids is 1. The van der Waals surface area contributed by atoms with Gasteiger partial charge in [0, 0.05) is 18.4 Å². The van der Waals surface area contributed by atoms with Gasteiger partial charge in [-0.05, 0) is 20.5 Å². The van der Waals surface area contributed by atoms with E-state index in [-0.39, 0.29) is 12.4 Å². The molecule has 1 N–H and O–H groups in total. The van der Waals surface area contributed by atoms with Gasteiger partial charge in [-0.2, -0.15) is 0 Å². The first-order chi connectivity index (χ1) is 7.18. The van der Waals surface area contributed by atoms with Gasteiger partial charge in [-0.1, -0.05) is 0 Å². The van der Waals surface area contributed by atoms with Crippen LogP contribution >= 0.6 is 0 Å². The number of nitrogens with zero attached hydrogens (tertiary/aromatic N) is 2. The van der Waals surface area contributed by atoms with Crippen molar-refractivity contribution >= 4 is 5.97 Å². The molecule has 1 rings (SSSR count). The predicted octanol–water partition coefficient (Wildman–Crippen LogP) is 0.447. The largest absolute Gasteiger partial charge is 0.465 e. The molecule has 0 saturated carbocycles. The molecule has 0 bridgehead atoms. The number of hydrogen-bond acceptors (Lipinski definition) is 4. The van der Waals surface area contributed by atoms with Crippen LogP contribution in [0.3, 0.4) is 0 Å². The summed E-state index contributed by atoms with van der Waals surface area (Å²) in [6, 6.07) is 0. The van der Waals surface area contributed by atoms with Crippen LogP contribution in [0.15, 0.2) is 12.5 Å². The fraction of sp³-hybridized carbons (Fsp3) is 0.600. The SMILES string of the molecule is CN(C)CCCOC(=O)Cc1cnc[nH]1. The molecular weight excluding hydrogens is 194 g/mol. The van der Waals surface area contributed by atoms with Crippen molar-refractivity contribution in [2.45, 2.75) is 12.8 Å². The summed E-state index contributed by atoms with van der Waals surface area (Å²) in [4.78, 5) is 20.0. The Kier molecular flexibility index (Phi) is 4.83. The second kappa shape index (κ2) is 6.19. The van der Waals surface area contributed by atoms with Crippen LogP contribution in [-0.4, -0.2) is 48.1 Å². The Labute approximate surface area is 89.4 Å². The molecule has 0 saturated heterocycles. The average Bonchev–Trinajstić information content (AvgIpc) is 2.64. The van der Waals surface area contributed by atoms with Crippen molar-refractivity contribution in [1.82, 2.24) is 14.9 Å². The minimum atomic E-state index is -0.210. The third kappa shape index (κ3) is 5.17. The lowest BCUT2D eigenvalue weighted by Gasteiger charge is -2.09. The van der Waals surface area contributed by atoms with Crippen molar-refractivity contribution in [2.75, 3.05) is 27.2 Å². The zero-order valence-corrected chi connectivity index (χ0v) is 9.19. The first-order valence-electron chi connectivity index (χ1n) is 4.96. The van der Waals surface area contributed by atoms with Gasteiger partial charge in [-0.3, -0.25) is 4.79 Å². The smallest absolute Gasteiger partial charge is 0.311 e. The van der Waals surface area contributed by atoms with Crippen LogP contribution in [0.2, 0.25) is 0 Å². The van der Waals surface area contributed by atoms with E-state index in [9.17, 15) is 4.79 Å². The van der Waals surface area contributed by atoms with Crippen molar-refractivity contribution in [2.24, 2.45) is 0 Å². The van der Waals surface area contributed by atoms with Gasteiger partial charge < -0.3 is 14.6 Å². The maximum absolute atomic E-state index is 11.3. The summed E-state index contributed by atoms with van der Waals surface area (Å²) in [6.07, 6.45) is 4.30. The summed E-state index contributed by atoms with van der Waals surface area (Å²) in [7, 11) is 3.98. The van der Waals surface area contributed by atoms with E-state index in [1.165, 1.54) is 0 Å². The molecule has 0 aliphatic heterocycles. The van der Waals surface area contributed by atoms with Crippen LogP contribution in [0.1, 0.15) is 12.1 Å². The fourth-order valence-corrected chi connectivity index (χ4v) is 1.15. The molecular formula is C10H17N3O2. The Balaban J connectivity index is 2.09. The molecule has 5 heteroatoms. The molecule has 1 heterocycles. The van der Waals surface area contributed by atoms with Crippen molar-refractivity contribution in [1.29, 1.82) is 0 Å². The molecule has 0 fully saturated rings. The molecule has 0 radical (unpaired) electrons. The maximum atomic E-state index is 11.3. The maximum Gasteiger partial charge on any atom is 0.311 e. The van der Waals surface area contributed by atoms with Crippen LogP contribution in [0, 0.1) is 0 Å². The summed E-state index contributed by atoms with van der Waals surface area (Å²) in [5, 5.41) is 0. The molecule has 0 aliphatic rings. The molecule has 0 aromatic carbocycles. The summed E-state index contributed by atoms with van der Waals surface area (Å²) < 4.78 is 5.05. The summed E-state index contributed by atoms with van der Waals surface area (Å²) in [6.45, 7) is 1.41. The Morgan fingerprint density at radius 3 is 3.00 bits per heavy atom. The highest BCUT2D eigenvalue weighted by atomic mass is 16.5. The lowest BCUT2D eigenvalue weighted by atomic mass is 10.3. The van der Waals surface area contributed by atoms with Crippen molar-refractivity contribution in [3.05, 3.63) is 18.2 Å². The molecule has 0 atom stereocenters. The molecule has 1 aromatic rings. The Morgan fingerprint density at radius 1 is 1.60 bits per heavy atom. The number of rotatable bonds is 6. The molecule has 0 amide bonds. The van der Waals surface area contributed by atoms with E-state index in [0.717, 1.165) is 18.7 Å². The molecule has 0 unspecified atom stereocenters. The number of hydrogen-bond donors (Lipinski definition) is 1. The van der Waals surface area contributed by atoms with Gasteiger partial charge in [0.1, 0.15) is 0 Å². The number of esters is 1. The number of imidazole rings is 1. The van der Waals surface area contributed by atoms with E-state index < -0.39 is 0 Å². The van der Waals surface area contributed by atoms with E-state index >= 15 is 0 Å². The predicted molar refractivity (Wildman–Crippen MR) is 56.4 cm³/mol. The molecule has 15 heavy (non-hydrogen) atoms. The van der Waals surface area contributed by atoms with Crippen molar-refractivity contribution < 1.29 is 9.53 Å². The van der Waals surface area contributed by atoms with Gasteiger partial charge in [0.15, 0.2) is 0 Å². The van der Waals surface area contributed by atoms with Crippen LogP contribution in [0.25, 0.3) is 0 Å². The summed E-state index contributed by atoms with van der Waals surface area (Å²) in [5.74, 6) is -0.210. The number of H-pyrrole nitrogens is 1. The lowest BCUT2D eigenvalue weighted by molar-refractivity contribution is -0.143. The van der Waals surface area contributed by atoms with Crippen LogP contribution in [0.4, 0.5) is 0 Å². The lowest BCUT2D eigenvalue weighted by Crippen LogP contribution is -2.16. The third-order valence-corrected chi connectivity index (χ3v) is 1.90. The highest BCUT2D eigenvalue weighted by Gasteiger charge is 2.05. The molecule has 84 valence electrons. The number of carbonyl (C=O) groups is 1. The van der Waals surface area contributed by atoms with Crippen molar-refractivity contribution in [3.8, 4) is 0 Å². The molecule has 0 spiro atoms. The minimum Gasteiger partial charge on any atom is -0.465 e. The Bertz CT molecular complexity index is 283. The van der Waals surface area contributed by atoms with Gasteiger partial charge in [0.25, 0.3) is 0 Å². The first-order valence-corrected chi connectivity index (χ1v) is 4.96. The van der Waals surface area contributed by atoms with E-state index in [4.69, 9.17) is 4.74 Å². The average molecular weight is 211 g/mol. The molecule has 1 aromatic heterocycles. The van der Waals surface area contributed by atoms with E-state index in [1.807, 2.05) is 14.1 Å². The van der Waals surface area contributed by atoms with E-state index in [2.05, 4.69) is 14.9 Å². The standard InChI is InChI=1S/C10H17N3O2/c1-13(2)4-3-5-15-10(14)6-9-7-11-8-12-9/h7-8H,3-6H2,1-2H3,(H,11,12). The van der Waals surface area contributed by atoms with Gasteiger partial charge in [0.05, 0.1) is 19.4 Å². The summed E-state index contributed by atoms with van der Waals surface area (Å²) >= 11 is 0. The van der Waals surface area contributed by atoms with E-state index in [1.54, 1.807) is 12.5 Å². The second-order valence-corrected chi connectivity index (χ2v) is 3.63. The zero-order chi connectivity index (χ0) is 11.1. The van der Waals surface area contributed by atoms with Crippen LogP contribution < -0.4 is 0 Å². The quantitative estimate of drug-likeness (QED) is 0.548. The fourth-order valence-electron chi connectivity index (χ4n) is 1.15. The number of nitrogens with one attached hydrogen (secondary N) is 1. The number of ether oxygens (including phenoxy) is 1. The zero-order valence-electron chi connectivity index (χ0n) is 9.19. The highest BCUT2D eigenvalue weighted by Crippen LogP contribution is 1.95. The molecule has 0 aliphatic carbocycles. The van der Waals surface area contributed by atoms with Gasteiger partial charge in [-0.15, -0.1) is 0 Å². The van der Waals surface area contributed by atoms with Gasteiger partial charge >= 0.3 is 5.97 Å². The monoisotopic (exact) mass is 211 g/mol. The Hall–Kier alpha value is -1.36. The van der Waals surface area contributed by atoms with E-state index in [0.29, 0.717) is 6.61 Å². The third-order valence-electron chi connectivity index (χ3n) is 1.90. The molecule has 5 nitrogen and oxygen atoms in total. The topological polar surface area (TPSA) is 58.2 Å². The van der Waals surface area contributed by atoms with Crippen LogP contribution in [-0.2, 0) is 16.0 Å². The van der Waals surface area contributed by atoms with Crippen molar-refractivity contribution in [3.63, 3.8) is 0 Å². The van der Waals surface area contributed by atoms with Gasteiger partial charge in [-0.25, -0.2) is 4.98 Å². The second-order valence-electron chi connectivity index (χ2n) is 3.63. The minimum absolute atomic E-state index is 0.210. The number of aromatic amines is 1.